The number of hydrogen-bond donors (Lipinski definition) is 2. The van der Waals surface area contributed by atoms with Crippen molar-refractivity contribution in [2.24, 2.45) is 5.92 Å². The van der Waals surface area contributed by atoms with E-state index < -0.39 is 0 Å². The van der Waals surface area contributed by atoms with Crippen molar-refractivity contribution >= 4 is 5.82 Å². The average Bonchev–Trinajstić information content (AvgIpc) is 3.25. The standard InChI is InChI=1S/C20H31N5O2/c1-13-11-26-8-7-25(13)18-10-17(21-12-22-18)19-15-9-14(27-20(2)5-6-20)3-4-16(15)23-24-19/h10,12-16,19,23-24H,3-9,11H2,1-2H3/t13-,14?,15?,16?,19?/m1/s1. The molecule has 0 spiro atoms. The maximum atomic E-state index is 6.40. The van der Waals surface area contributed by atoms with Gasteiger partial charge in [-0.2, -0.15) is 0 Å². The van der Waals surface area contributed by atoms with Crippen LogP contribution >= 0.6 is 0 Å². The van der Waals surface area contributed by atoms with E-state index in [2.05, 4.69) is 45.6 Å². The first-order chi connectivity index (χ1) is 13.1. The van der Waals surface area contributed by atoms with Crippen molar-refractivity contribution in [1.82, 2.24) is 20.8 Å². The number of hydrogen-bond acceptors (Lipinski definition) is 7. The molecule has 5 atom stereocenters. The van der Waals surface area contributed by atoms with E-state index >= 15 is 0 Å². The van der Waals surface area contributed by atoms with E-state index in [9.17, 15) is 0 Å². The second kappa shape index (κ2) is 6.95. The zero-order valence-corrected chi connectivity index (χ0v) is 16.4. The molecule has 0 radical (unpaired) electrons. The molecule has 3 heterocycles. The van der Waals surface area contributed by atoms with E-state index in [0.717, 1.165) is 50.5 Å². The minimum atomic E-state index is 0.154. The summed E-state index contributed by atoms with van der Waals surface area (Å²) < 4.78 is 12.0. The summed E-state index contributed by atoms with van der Waals surface area (Å²) in [4.78, 5) is 11.5. The largest absolute Gasteiger partial charge is 0.377 e. The van der Waals surface area contributed by atoms with Crippen LogP contribution in [-0.2, 0) is 9.47 Å². The van der Waals surface area contributed by atoms with E-state index in [1.807, 2.05) is 0 Å². The molecule has 4 fully saturated rings. The van der Waals surface area contributed by atoms with Crippen LogP contribution in [0.2, 0.25) is 0 Å². The first-order valence-electron chi connectivity index (χ1n) is 10.5. The number of morpholine rings is 1. The molecule has 2 saturated carbocycles. The average molecular weight is 374 g/mol. The van der Waals surface area contributed by atoms with Gasteiger partial charge in [0.1, 0.15) is 12.1 Å². The van der Waals surface area contributed by atoms with Gasteiger partial charge in [0, 0.05) is 24.6 Å². The summed E-state index contributed by atoms with van der Waals surface area (Å²) >= 11 is 0. The van der Waals surface area contributed by atoms with Gasteiger partial charge in [0.15, 0.2) is 0 Å². The van der Waals surface area contributed by atoms with Crippen LogP contribution in [0.25, 0.3) is 0 Å². The Kier molecular flexibility index (Phi) is 4.58. The molecule has 2 aliphatic heterocycles. The number of hydrazine groups is 1. The topological polar surface area (TPSA) is 71.5 Å². The fraction of sp³-hybridized carbons (Fsp3) is 0.800. The number of rotatable bonds is 4. The Balaban J connectivity index is 1.32. The second-order valence-corrected chi connectivity index (χ2v) is 8.96. The number of ether oxygens (including phenoxy) is 2. The van der Waals surface area contributed by atoms with E-state index in [4.69, 9.17) is 9.47 Å². The molecule has 1 aromatic rings. The van der Waals surface area contributed by atoms with Crippen LogP contribution in [0, 0.1) is 5.92 Å². The van der Waals surface area contributed by atoms with Crippen molar-refractivity contribution in [3.05, 3.63) is 18.1 Å². The third-order valence-corrected chi connectivity index (χ3v) is 6.76. The zero-order valence-electron chi connectivity index (χ0n) is 16.4. The lowest BCUT2D eigenvalue weighted by Crippen LogP contribution is -2.44. The quantitative estimate of drug-likeness (QED) is 0.836. The highest BCUT2D eigenvalue weighted by Crippen LogP contribution is 2.45. The third kappa shape index (κ3) is 3.58. The van der Waals surface area contributed by atoms with E-state index in [0.29, 0.717) is 24.1 Å². The van der Waals surface area contributed by atoms with Gasteiger partial charge in [0.05, 0.1) is 42.7 Å². The Labute approximate surface area is 161 Å². The van der Waals surface area contributed by atoms with Gasteiger partial charge in [0.25, 0.3) is 0 Å². The van der Waals surface area contributed by atoms with Crippen LogP contribution < -0.4 is 15.8 Å². The number of anilines is 1. The minimum Gasteiger partial charge on any atom is -0.377 e. The van der Waals surface area contributed by atoms with Crippen molar-refractivity contribution < 1.29 is 9.47 Å². The monoisotopic (exact) mass is 373 g/mol. The summed E-state index contributed by atoms with van der Waals surface area (Å²) in [6, 6.07) is 3.22. The molecule has 7 nitrogen and oxygen atoms in total. The molecule has 2 saturated heterocycles. The lowest BCUT2D eigenvalue weighted by atomic mass is 9.79. The Hall–Kier alpha value is -1.28. The molecular weight excluding hydrogens is 342 g/mol. The summed E-state index contributed by atoms with van der Waals surface area (Å²) in [7, 11) is 0. The predicted molar refractivity (Wildman–Crippen MR) is 102 cm³/mol. The fourth-order valence-electron chi connectivity index (χ4n) is 4.87. The molecule has 0 amide bonds. The third-order valence-electron chi connectivity index (χ3n) is 6.76. The van der Waals surface area contributed by atoms with Gasteiger partial charge >= 0.3 is 0 Å². The molecule has 2 N–H and O–H groups in total. The highest BCUT2D eigenvalue weighted by Gasteiger charge is 2.46. The van der Waals surface area contributed by atoms with E-state index in [-0.39, 0.29) is 11.6 Å². The van der Waals surface area contributed by atoms with Crippen LogP contribution in [0.3, 0.4) is 0 Å². The Morgan fingerprint density at radius 2 is 2.15 bits per heavy atom. The van der Waals surface area contributed by atoms with Gasteiger partial charge < -0.3 is 14.4 Å². The van der Waals surface area contributed by atoms with Crippen LogP contribution in [0.5, 0.6) is 0 Å². The zero-order chi connectivity index (χ0) is 18.4. The summed E-state index contributed by atoms with van der Waals surface area (Å²) in [5, 5.41) is 0. The van der Waals surface area contributed by atoms with Gasteiger partial charge in [-0.05, 0) is 46.0 Å². The normalized spacial score (nSPS) is 37.9. The molecule has 5 rings (SSSR count). The van der Waals surface area contributed by atoms with Gasteiger partial charge in [-0.15, -0.1) is 0 Å². The lowest BCUT2D eigenvalue weighted by Gasteiger charge is -2.35. The Bertz CT molecular complexity index is 682. The van der Waals surface area contributed by atoms with Crippen LogP contribution in [0.4, 0.5) is 5.82 Å². The first kappa shape index (κ1) is 17.8. The lowest BCUT2D eigenvalue weighted by molar-refractivity contribution is -0.0500. The maximum absolute atomic E-state index is 6.40. The number of fused-ring (bicyclic) bond motifs is 1. The van der Waals surface area contributed by atoms with Crippen molar-refractivity contribution in [2.45, 2.75) is 75.8 Å². The molecule has 7 heteroatoms. The summed E-state index contributed by atoms with van der Waals surface area (Å²) in [5.41, 5.74) is 8.26. The molecule has 4 aliphatic rings. The molecule has 0 bridgehead atoms. The van der Waals surface area contributed by atoms with Gasteiger partial charge in [0.2, 0.25) is 0 Å². The molecule has 0 aromatic carbocycles. The smallest absolute Gasteiger partial charge is 0.132 e. The minimum absolute atomic E-state index is 0.154. The summed E-state index contributed by atoms with van der Waals surface area (Å²) in [6.07, 6.45) is 7.92. The van der Waals surface area contributed by atoms with Crippen molar-refractivity contribution in [2.75, 3.05) is 24.7 Å². The van der Waals surface area contributed by atoms with Crippen LogP contribution in [-0.4, -0.2) is 53.5 Å². The Morgan fingerprint density at radius 3 is 2.96 bits per heavy atom. The highest BCUT2D eigenvalue weighted by atomic mass is 16.5. The second-order valence-electron chi connectivity index (χ2n) is 8.96. The summed E-state index contributed by atoms with van der Waals surface area (Å²) in [5.74, 6) is 1.52. The molecule has 4 unspecified atom stereocenters. The van der Waals surface area contributed by atoms with E-state index in [1.165, 1.54) is 12.8 Å². The molecular formula is C20H31N5O2. The molecule has 2 aliphatic carbocycles. The fourth-order valence-corrected chi connectivity index (χ4v) is 4.87. The van der Waals surface area contributed by atoms with Crippen molar-refractivity contribution in [1.29, 1.82) is 0 Å². The van der Waals surface area contributed by atoms with Crippen molar-refractivity contribution in [3.8, 4) is 0 Å². The number of nitrogens with one attached hydrogen (secondary N) is 2. The first-order valence-corrected chi connectivity index (χ1v) is 10.5. The van der Waals surface area contributed by atoms with E-state index in [1.54, 1.807) is 6.33 Å². The van der Waals surface area contributed by atoms with Crippen LogP contribution in [0.15, 0.2) is 12.4 Å². The summed E-state index contributed by atoms with van der Waals surface area (Å²) in [6.45, 7) is 6.84. The highest BCUT2D eigenvalue weighted by molar-refractivity contribution is 5.41. The van der Waals surface area contributed by atoms with Crippen molar-refractivity contribution in [3.63, 3.8) is 0 Å². The SMILES string of the molecule is C[C@@H]1COCCN1c1cc(C2NNC3CCC(OC4(C)CC4)CC32)ncn1. The Morgan fingerprint density at radius 1 is 1.26 bits per heavy atom. The van der Waals surface area contributed by atoms with Gasteiger partial charge in [-0.25, -0.2) is 15.4 Å². The number of nitrogens with zero attached hydrogens (tertiary/aromatic N) is 3. The van der Waals surface area contributed by atoms with Gasteiger partial charge in [-0.1, -0.05) is 0 Å². The number of aromatic nitrogens is 2. The van der Waals surface area contributed by atoms with Gasteiger partial charge in [-0.3, -0.25) is 5.43 Å². The molecule has 1 aromatic heterocycles. The predicted octanol–water partition coefficient (Wildman–Crippen LogP) is 1.96. The van der Waals surface area contributed by atoms with Crippen LogP contribution in [0.1, 0.15) is 57.7 Å². The molecule has 27 heavy (non-hydrogen) atoms. The maximum Gasteiger partial charge on any atom is 0.132 e. The molecule has 148 valence electrons.